The third-order valence-corrected chi connectivity index (χ3v) is 5.02. The van der Waals surface area contributed by atoms with Crippen molar-refractivity contribution in [1.82, 2.24) is 9.94 Å². The van der Waals surface area contributed by atoms with Gasteiger partial charge >= 0.3 is 5.97 Å². The molecule has 0 aliphatic heterocycles. The molecule has 5 heteroatoms. The summed E-state index contributed by atoms with van der Waals surface area (Å²) >= 11 is 0. The van der Waals surface area contributed by atoms with E-state index in [0.29, 0.717) is 11.7 Å². The van der Waals surface area contributed by atoms with Crippen molar-refractivity contribution in [3.05, 3.63) is 45.3 Å². The summed E-state index contributed by atoms with van der Waals surface area (Å²) in [5.74, 6) is 0.509. The van der Waals surface area contributed by atoms with Gasteiger partial charge in [-0.1, -0.05) is 17.8 Å². The number of carbonyl (C=O) groups excluding carboxylic acids is 1. The summed E-state index contributed by atoms with van der Waals surface area (Å²) in [6.45, 7) is 9.37. The Kier molecular flexibility index (Phi) is 4.11. The van der Waals surface area contributed by atoms with E-state index in [9.17, 15) is 9.90 Å². The zero-order valence-corrected chi connectivity index (χ0v) is 14.9. The second-order valence-corrected chi connectivity index (χ2v) is 6.82. The fraction of sp³-hybridized carbons (Fsp3) is 0.474. The van der Waals surface area contributed by atoms with E-state index in [0.717, 1.165) is 47.3 Å². The maximum Gasteiger partial charge on any atom is 0.331 e. The van der Waals surface area contributed by atoms with Crippen LogP contribution in [0.4, 0.5) is 0 Å². The average Bonchev–Trinajstić information content (AvgIpc) is 3.00. The molecule has 1 aliphatic rings. The third kappa shape index (κ3) is 2.68. The van der Waals surface area contributed by atoms with Crippen molar-refractivity contribution >= 4 is 5.97 Å². The number of phenols is 1. The highest BCUT2D eigenvalue weighted by Crippen LogP contribution is 2.42. The highest BCUT2D eigenvalue weighted by atomic mass is 16.7. The molecule has 1 aliphatic carbocycles. The van der Waals surface area contributed by atoms with E-state index >= 15 is 0 Å². The Morgan fingerprint density at radius 3 is 2.79 bits per heavy atom. The first-order chi connectivity index (χ1) is 11.3. The molecule has 0 fully saturated rings. The van der Waals surface area contributed by atoms with Crippen LogP contribution in [0, 0.1) is 20.8 Å². The summed E-state index contributed by atoms with van der Waals surface area (Å²) in [5.41, 5.74) is 7.30. The lowest BCUT2D eigenvalue weighted by molar-refractivity contribution is -0.143. The number of phenolic OH excluding ortho intramolecular Hbond substituents is 1. The van der Waals surface area contributed by atoms with E-state index in [1.54, 1.807) is 0 Å². The molecule has 1 atom stereocenters. The number of nitrogens with zero attached hydrogens (tertiary/aromatic N) is 2. The molecule has 0 spiro atoms. The van der Waals surface area contributed by atoms with E-state index in [1.807, 2.05) is 20.8 Å². The Balaban J connectivity index is 2.04. The molecule has 1 aromatic carbocycles. The van der Waals surface area contributed by atoms with Crippen LogP contribution in [0.3, 0.4) is 0 Å². The van der Waals surface area contributed by atoms with Crippen molar-refractivity contribution in [3.8, 4) is 5.75 Å². The quantitative estimate of drug-likeness (QED) is 0.940. The van der Waals surface area contributed by atoms with Crippen LogP contribution in [-0.2, 0) is 17.6 Å². The molecule has 0 radical (unpaired) electrons. The Labute approximate surface area is 142 Å². The minimum absolute atomic E-state index is 0.387. The number of carbonyl (C=O) groups is 1. The van der Waals surface area contributed by atoms with Crippen LogP contribution < -0.4 is 4.84 Å². The SMILES string of the molecule is CC(=O)On1nc(C)c(Cc2cc(C)c(O)c3c2C(C)CC3)c1C. The van der Waals surface area contributed by atoms with Gasteiger partial charge in [0.1, 0.15) is 5.75 Å². The van der Waals surface area contributed by atoms with Gasteiger partial charge in [0, 0.05) is 18.9 Å². The largest absolute Gasteiger partial charge is 0.507 e. The number of benzene rings is 1. The van der Waals surface area contributed by atoms with Crippen molar-refractivity contribution in [2.75, 3.05) is 0 Å². The summed E-state index contributed by atoms with van der Waals surface area (Å²) in [5, 5.41) is 14.7. The number of rotatable bonds is 3. The molecule has 0 saturated heterocycles. The molecule has 128 valence electrons. The number of fused-ring (bicyclic) bond motifs is 1. The number of aromatic hydroxyl groups is 1. The predicted octanol–water partition coefficient (Wildman–Crippen LogP) is 3.13. The first kappa shape index (κ1) is 16.6. The van der Waals surface area contributed by atoms with E-state index in [4.69, 9.17) is 4.84 Å². The van der Waals surface area contributed by atoms with Crippen LogP contribution in [0.2, 0.25) is 0 Å². The van der Waals surface area contributed by atoms with Gasteiger partial charge in [0.2, 0.25) is 0 Å². The highest BCUT2D eigenvalue weighted by molar-refractivity contribution is 5.66. The van der Waals surface area contributed by atoms with Gasteiger partial charge in [0.15, 0.2) is 0 Å². The summed E-state index contributed by atoms with van der Waals surface area (Å²) in [6.07, 6.45) is 2.73. The zero-order chi connectivity index (χ0) is 17.6. The van der Waals surface area contributed by atoms with Gasteiger partial charge in [-0.05, 0) is 61.8 Å². The van der Waals surface area contributed by atoms with Crippen LogP contribution in [0.1, 0.15) is 65.4 Å². The Bertz CT molecular complexity index is 821. The monoisotopic (exact) mass is 328 g/mol. The molecule has 1 aromatic heterocycles. The standard InChI is InChI=1S/C19H24N2O3/c1-10-6-7-16-18(10)15(8-11(2)19(16)23)9-17-12(3)20-21(13(17)4)24-14(5)22/h8,10,23H,6-7,9H2,1-5H3. The molecule has 1 heterocycles. The van der Waals surface area contributed by atoms with Gasteiger partial charge in [0.05, 0.1) is 11.4 Å². The molecular weight excluding hydrogens is 304 g/mol. The second kappa shape index (κ2) is 5.96. The number of aromatic nitrogens is 2. The average molecular weight is 328 g/mol. The molecule has 0 saturated carbocycles. The minimum atomic E-state index is -0.387. The molecule has 3 rings (SSSR count). The van der Waals surface area contributed by atoms with Crippen molar-refractivity contribution in [2.45, 2.75) is 59.8 Å². The molecular formula is C19H24N2O3. The first-order valence-corrected chi connectivity index (χ1v) is 8.37. The summed E-state index contributed by atoms with van der Waals surface area (Å²) in [7, 11) is 0. The van der Waals surface area contributed by atoms with Crippen LogP contribution in [-0.4, -0.2) is 21.0 Å². The maximum atomic E-state index is 11.2. The van der Waals surface area contributed by atoms with Gasteiger partial charge in [-0.15, -0.1) is 5.10 Å². The van der Waals surface area contributed by atoms with Crippen molar-refractivity contribution < 1.29 is 14.7 Å². The number of aryl methyl sites for hydroxylation is 2. The fourth-order valence-electron chi connectivity index (χ4n) is 3.79. The lowest BCUT2D eigenvalue weighted by Gasteiger charge is -2.16. The second-order valence-electron chi connectivity index (χ2n) is 6.82. The Hall–Kier alpha value is -2.30. The highest BCUT2D eigenvalue weighted by Gasteiger charge is 2.27. The van der Waals surface area contributed by atoms with Crippen LogP contribution in [0.15, 0.2) is 6.07 Å². The topological polar surface area (TPSA) is 64.4 Å². The van der Waals surface area contributed by atoms with Crippen LogP contribution in [0.5, 0.6) is 5.75 Å². The van der Waals surface area contributed by atoms with Crippen LogP contribution >= 0.6 is 0 Å². The zero-order valence-electron chi connectivity index (χ0n) is 14.9. The van der Waals surface area contributed by atoms with E-state index in [1.165, 1.54) is 22.9 Å². The minimum Gasteiger partial charge on any atom is -0.507 e. The predicted molar refractivity (Wildman–Crippen MR) is 91.3 cm³/mol. The van der Waals surface area contributed by atoms with Crippen molar-refractivity contribution in [3.63, 3.8) is 0 Å². The lowest BCUT2D eigenvalue weighted by atomic mass is 9.90. The van der Waals surface area contributed by atoms with E-state index < -0.39 is 0 Å². The van der Waals surface area contributed by atoms with Crippen molar-refractivity contribution in [2.24, 2.45) is 0 Å². The third-order valence-electron chi connectivity index (χ3n) is 5.02. The molecule has 0 amide bonds. The molecule has 24 heavy (non-hydrogen) atoms. The van der Waals surface area contributed by atoms with E-state index in [-0.39, 0.29) is 5.97 Å². The van der Waals surface area contributed by atoms with Gasteiger partial charge < -0.3 is 9.94 Å². The molecule has 1 unspecified atom stereocenters. The fourth-order valence-corrected chi connectivity index (χ4v) is 3.79. The smallest absolute Gasteiger partial charge is 0.331 e. The van der Waals surface area contributed by atoms with Crippen LogP contribution in [0.25, 0.3) is 0 Å². The molecule has 5 nitrogen and oxygen atoms in total. The summed E-state index contributed by atoms with van der Waals surface area (Å²) in [4.78, 5) is 17.6. The van der Waals surface area contributed by atoms with Gasteiger partial charge in [0.25, 0.3) is 0 Å². The van der Waals surface area contributed by atoms with Gasteiger partial charge in [-0.2, -0.15) is 0 Å². The van der Waals surface area contributed by atoms with Gasteiger partial charge in [-0.3, -0.25) is 0 Å². The molecule has 2 aromatic rings. The van der Waals surface area contributed by atoms with E-state index in [2.05, 4.69) is 18.1 Å². The number of hydrogen-bond acceptors (Lipinski definition) is 4. The number of hydrogen-bond donors (Lipinski definition) is 1. The van der Waals surface area contributed by atoms with Crippen molar-refractivity contribution in [1.29, 1.82) is 0 Å². The maximum absolute atomic E-state index is 11.2. The Morgan fingerprint density at radius 1 is 1.42 bits per heavy atom. The first-order valence-electron chi connectivity index (χ1n) is 8.37. The lowest BCUT2D eigenvalue weighted by Crippen LogP contribution is -2.19. The molecule has 1 N–H and O–H groups in total. The Morgan fingerprint density at radius 2 is 2.12 bits per heavy atom. The normalized spacial score (nSPS) is 16.3. The summed E-state index contributed by atoms with van der Waals surface area (Å²) in [6, 6.07) is 2.08. The molecule has 0 bridgehead atoms. The summed E-state index contributed by atoms with van der Waals surface area (Å²) < 4.78 is 0. The van der Waals surface area contributed by atoms with Gasteiger partial charge in [-0.25, -0.2) is 4.79 Å².